The monoisotopic (exact) mass is 363 g/mol. The number of likely N-dealkylation sites (tertiary alicyclic amines) is 1. The molecule has 2 aliphatic heterocycles. The smallest absolute Gasteiger partial charge is 0.390 e. The molecule has 1 spiro atoms. The van der Waals surface area contributed by atoms with Crippen LogP contribution in [0.15, 0.2) is 18.2 Å². The van der Waals surface area contributed by atoms with Gasteiger partial charge in [-0.3, -0.25) is 4.90 Å². The Kier molecular flexibility index (Phi) is 5.07. The average molecular weight is 363 g/mol. The van der Waals surface area contributed by atoms with Crippen molar-refractivity contribution in [2.75, 3.05) is 19.7 Å². The number of hydrogen-bond donors (Lipinski definition) is 2. The summed E-state index contributed by atoms with van der Waals surface area (Å²) in [5.41, 5.74) is -1.35. The van der Waals surface area contributed by atoms with Crippen molar-refractivity contribution in [1.82, 2.24) is 4.90 Å². The minimum absolute atomic E-state index is 0.0193. The normalized spacial score (nSPS) is 27.6. The molecule has 2 aliphatic rings. The van der Waals surface area contributed by atoms with E-state index in [1.165, 1.54) is 0 Å². The highest BCUT2D eigenvalue weighted by atomic mass is 19.4. The lowest BCUT2D eigenvalue weighted by Gasteiger charge is -2.46. The fraction of sp³-hybridized carbons (Fsp3) is 0.647. The quantitative estimate of drug-likeness (QED) is 0.792. The average Bonchev–Trinajstić information content (AvgIpc) is 2.55. The molecule has 2 atom stereocenters. The molecule has 2 fully saturated rings. The minimum atomic E-state index is -4.50. The lowest BCUT2D eigenvalue weighted by molar-refractivity contribution is -0.188. The van der Waals surface area contributed by atoms with E-state index in [-0.39, 0.29) is 18.7 Å². The van der Waals surface area contributed by atoms with Gasteiger partial charge >= 0.3 is 6.18 Å². The zero-order chi connectivity index (χ0) is 18.2. The predicted molar refractivity (Wildman–Crippen MR) is 81.2 cm³/mol. The highest BCUT2D eigenvalue weighted by Crippen LogP contribution is 2.36. The SMILES string of the molecule is O[C@@H]1CC2(CCN(Cc3cc(C(F)(F)F)ccc3F)CC2)OC[C@@H]1O. The van der Waals surface area contributed by atoms with Crippen LogP contribution in [0.5, 0.6) is 0 Å². The molecule has 2 heterocycles. The zero-order valence-corrected chi connectivity index (χ0v) is 13.6. The number of rotatable bonds is 2. The van der Waals surface area contributed by atoms with E-state index in [9.17, 15) is 27.8 Å². The summed E-state index contributed by atoms with van der Waals surface area (Å²) >= 11 is 0. The number of aliphatic hydroxyl groups excluding tert-OH is 2. The number of piperidine rings is 1. The van der Waals surface area contributed by atoms with Gasteiger partial charge in [-0.15, -0.1) is 0 Å². The van der Waals surface area contributed by atoms with E-state index >= 15 is 0 Å². The van der Waals surface area contributed by atoms with E-state index in [1.54, 1.807) is 0 Å². The van der Waals surface area contributed by atoms with Crippen LogP contribution in [0.25, 0.3) is 0 Å². The van der Waals surface area contributed by atoms with Crippen LogP contribution in [-0.2, 0) is 17.5 Å². The van der Waals surface area contributed by atoms with Gasteiger partial charge in [0.05, 0.1) is 23.9 Å². The van der Waals surface area contributed by atoms with Crippen molar-refractivity contribution >= 4 is 0 Å². The molecular formula is C17H21F4NO3. The van der Waals surface area contributed by atoms with Crippen molar-refractivity contribution in [3.8, 4) is 0 Å². The molecule has 0 radical (unpaired) electrons. The van der Waals surface area contributed by atoms with Gasteiger partial charge in [0, 0.05) is 31.6 Å². The summed E-state index contributed by atoms with van der Waals surface area (Å²) in [5.74, 6) is -0.652. The number of halogens is 4. The van der Waals surface area contributed by atoms with Crippen LogP contribution in [0, 0.1) is 5.82 Å². The molecule has 4 nitrogen and oxygen atoms in total. The van der Waals surface area contributed by atoms with E-state index in [2.05, 4.69) is 0 Å². The van der Waals surface area contributed by atoms with E-state index in [4.69, 9.17) is 4.74 Å². The van der Waals surface area contributed by atoms with Crippen LogP contribution >= 0.6 is 0 Å². The first-order valence-electron chi connectivity index (χ1n) is 8.27. The summed E-state index contributed by atoms with van der Waals surface area (Å²) in [7, 11) is 0. The maximum atomic E-state index is 13.9. The van der Waals surface area contributed by atoms with Gasteiger partial charge in [0.15, 0.2) is 0 Å². The number of aliphatic hydroxyl groups is 2. The minimum Gasteiger partial charge on any atom is -0.390 e. The summed E-state index contributed by atoms with van der Waals surface area (Å²) in [6, 6.07) is 2.45. The van der Waals surface area contributed by atoms with Crippen molar-refractivity contribution in [3.63, 3.8) is 0 Å². The molecule has 8 heteroatoms. The second-order valence-electron chi connectivity index (χ2n) is 6.91. The number of ether oxygens (including phenoxy) is 1. The van der Waals surface area contributed by atoms with E-state index in [1.807, 2.05) is 4.90 Å². The first-order chi connectivity index (χ1) is 11.7. The Morgan fingerprint density at radius 2 is 1.84 bits per heavy atom. The number of alkyl halides is 3. The third-order valence-corrected chi connectivity index (χ3v) is 5.12. The van der Waals surface area contributed by atoms with Crippen molar-refractivity contribution in [2.24, 2.45) is 0 Å². The molecule has 0 amide bonds. The Hall–Kier alpha value is -1.22. The van der Waals surface area contributed by atoms with E-state index in [0.717, 1.165) is 18.2 Å². The molecule has 1 aromatic rings. The van der Waals surface area contributed by atoms with Crippen LogP contribution < -0.4 is 0 Å². The molecule has 2 saturated heterocycles. The van der Waals surface area contributed by atoms with Crippen LogP contribution in [-0.4, -0.2) is 52.6 Å². The van der Waals surface area contributed by atoms with Gasteiger partial charge in [-0.25, -0.2) is 4.39 Å². The first-order valence-corrected chi connectivity index (χ1v) is 8.27. The summed E-state index contributed by atoms with van der Waals surface area (Å²) in [6.45, 7) is 1.22. The standard InChI is InChI=1S/C17H21F4NO3/c18-13-2-1-12(17(19,20)21)7-11(13)9-22-5-3-16(4-6-22)8-14(23)15(24)10-25-16/h1-2,7,14-15,23-24H,3-6,8-10H2/t14-,15+/m1/s1. The molecule has 0 aromatic heterocycles. The maximum Gasteiger partial charge on any atom is 0.416 e. The molecule has 2 N–H and O–H groups in total. The van der Waals surface area contributed by atoms with Gasteiger partial charge in [-0.2, -0.15) is 13.2 Å². The summed E-state index contributed by atoms with van der Waals surface area (Å²) in [6.07, 6.45) is -4.72. The molecule has 0 aliphatic carbocycles. The first kappa shape index (κ1) is 18.6. The van der Waals surface area contributed by atoms with E-state index in [0.29, 0.717) is 32.4 Å². The summed E-state index contributed by atoms with van der Waals surface area (Å²) < 4.78 is 58.0. The van der Waals surface area contributed by atoms with E-state index < -0.39 is 35.4 Å². The van der Waals surface area contributed by atoms with Gasteiger partial charge in [-0.1, -0.05) is 0 Å². The Bertz CT molecular complexity index is 614. The van der Waals surface area contributed by atoms with Crippen molar-refractivity contribution < 1.29 is 32.5 Å². The predicted octanol–water partition coefficient (Wildman–Crippen LogP) is 2.32. The Morgan fingerprint density at radius 3 is 2.44 bits per heavy atom. The van der Waals surface area contributed by atoms with Gasteiger partial charge in [0.2, 0.25) is 0 Å². The maximum absolute atomic E-state index is 13.9. The molecule has 0 unspecified atom stereocenters. The van der Waals surface area contributed by atoms with Crippen molar-refractivity contribution in [1.29, 1.82) is 0 Å². The van der Waals surface area contributed by atoms with Gasteiger partial charge in [-0.05, 0) is 31.0 Å². The molecule has 1 aromatic carbocycles. The van der Waals surface area contributed by atoms with Crippen molar-refractivity contribution in [3.05, 3.63) is 35.1 Å². The molecule has 140 valence electrons. The van der Waals surface area contributed by atoms with Gasteiger partial charge in [0.25, 0.3) is 0 Å². The molecule has 25 heavy (non-hydrogen) atoms. The second kappa shape index (κ2) is 6.83. The fourth-order valence-corrected chi connectivity index (χ4v) is 3.53. The summed E-state index contributed by atoms with van der Waals surface area (Å²) in [5, 5.41) is 19.4. The lowest BCUT2D eigenvalue weighted by Crippen LogP contribution is -2.54. The molecule has 3 rings (SSSR count). The highest BCUT2D eigenvalue weighted by Gasteiger charge is 2.43. The topological polar surface area (TPSA) is 52.9 Å². The highest BCUT2D eigenvalue weighted by molar-refractivity contribution is 5.27. The fourth-order valence-electron chi connectivity index (χ4n) is 3.53. The van der Waals surface area contributed by atoms with Gasteiger partial charge in [0.1, 0.15) is 11.9 Å². The zero-order valence-electron chi connectivity index (χ0n) is 13.6. The third kappa shape index (κ3) is 4.13. The number of nitrogens with zero attached hydrogens (tertiary/aromatic N) is 1. The van der Waals surface area contributed by atoms with Crippen molar-refractivity contribution in [2.45, 2.75) is 49.8 Å². The molecule has 0 saturated carbocycles. The van der Waals surface area contributed by atoms with Crippen LogP contribution in [0.4, 0.5) is 17.6 Å². The summed E-state index contributed by atoms with van der Waals surface area (Å²) in [4.78, 5) is 1.88. The second-order valence-corrected chi connectivity index (χ2v) is 6.91. The van der Waals surface area contributed by atoms with Crippen LogP contribution in [0.2, 0.25) is 0 Å². The Labute approximate surface area is 143 Å². The molecule has 0 bridgehead atoms. The lowest BCUT2D eigenvalue weighted by atomic mass is 9.82. The Balaban J connectivity index is 1.63. The third-order valence-electron chi connectivity index (χ3n) is 5.12. The van der Waals surface area contributed by atoms with Crippen LogP contribution in [0.3, 0.4) is 0 Å². The van der Waals surface area contributed by atoms with Gasteiger partial charge < -0.3 is 14.9 Å². The number of benzene rings is 1. The van der Waals surface area contributed by atoms with Crippen LogP contribution in [0.1, 0.15) is 30.4 Å². The number of hydrogen-bond acceptors (Lipinski definition) is 4. The molecular weight excluding hydrogens is 342 g/mol. The largest absolute Gasteiger partial charge is 0.416 e. The Morgan fingerprint density at radius 1 is 1.16 bits per heavy atom.